The molecule has 1 aliphatic heterocycles. The Bertz CT molecular complexity index is 1240. The molecule has 1 aliphatic rings. The lowest BCUT2D eigenvalue weighted by atomic mass is 9.95. The van der Waals surface area contributed by atoms with Crippen LogP contribution in [0.2, 0.25) is 0 Å². The average Bonchev–Trinajstić information content (AvgIpc) is 3.20. The maximum atomic E-state index is 12.9. The number of thioether (sulfide) groups is 1. The van der Waals surface area contributed by atoms with Crippen LogP contribution in [0.25, 0.3) is 5.78 Å². The number of aromatic nitrogens is 4. The molecule has 0 fully saturated rings. The first-order valence-corrected chi connectivity index (χ1v) is 11.1. The van der Waals surface area contributed by atoms with Crippen LogP contribution in [0.1, 0.15) is 35.5 Å². The molecular weight excluding hydrogens is 428 g/mol. The SMILES string of the molecule is COC(=O)C1=C(C)N(CSc2nc3nc(C)c(C)c(C)n3n2)C(=O)N[C@@H]1c1ccccc1. The van der Waals surface area contributed by atoms with Gasteiger partial charge >= 0.3 is 12.0 Å². The summed E-state index contributed by atoms with van der Waals surface area (Å²) in [6.07, 6.45) is 0. The molecule has 10 heteroatoms. The Balaban J connectivity index is 1.63. The van der Waals surface area contributed by atoms with Gasteiger partial charge in [-0.1, -0.05) is 42.1 Å². The smallest absolute Gasteiger partial charge is 0.337 e. The summed E-state index contributed by atoms with van der Waals surface area (Å²) in [7, 11) is 1.33. The van der Waals surface area contributed by atoms with E-state index in [1.54, 1.807) is 11.4 Å². The van der Waals surface area contributed by atoms with Gasteiger partial charge < -0.3 is 10.1 Å². The summed E-state index contributed by atoms with van der Waals surface area (Å²) in [6.45, 7) is 7.65. The van der Waals surface area contributed by atoms with E-state index < -0.39 is 12.0 Å². The van der Waals surface area contributed by atoms with Crippen LogP contribution in [0.4, 0.5) is 4.79 Å². The van der Waals surface area contributed by atoms with Crippen LogP contribution >= 0.6 is 11.8 Å². The maximum Gasteiger partial charge on any atom is 0.337 e. The summed E-state index contributed by atoms with van der Waals surface area (Å²) in [4.78, 5) is 36.0. The number of hydrogen-bond acceptors (Lipinski definition) is 7. The minimum absolute atomic E-state index is 0.230. The number of esters is 1. The van der Waals surface area contributed by atoms with Crippen molar-refractivity contribution in [2.24, 2.45) is 0 Å². The van der Waals surface area contributed by atoms with Gasteiger partial charge in [0.05, 0.1) is 24.6 Å². The summed E-state index contributed by atoms with van der Waals surface area (Å²) in [6, 6.07) is 8.46. The fourth-order valence-electron chi connectivity index (χ4n) is 3.63. The first kappa shape index (κ1) is 21.8. The molecule has 0 aliphatic carbocycles. The van der Waals surface area contributed by atoms with Gasteiger partial charge in [-0.15, -0.1) is 5.10 Å². The van der Waals surface area contributed by atoms with Crippen molar-refractivity contribution in [3.8, 4) is 0 Å². The van der Waals surface area contributed by atoms with Gasteiger partial charge in [0.25, 0.3) is 5.78 Å². The molecule has 0 bridgehead atoms. The lowest BCUT2D eigenvalue weighted by molar-refractivity contribution is -0.136. The van der Waals surface area contributed by atoms with Crippen molar-refractivity contribution in [3.05, 3.63) is 64.1 Å². The predicted octanol–water partition coefficient (Wildman–Crippen LogP) is 3.31. The Kier molecular flexibility index (Phi) is 5.88. The highest BCUT2D eigenvalue weighted by Crippen LogP contribution is 2.32. The maximum absolute atomic E-state index is 12.9. The van der Waals surface area contributed by atoms with E-state index in [1.165, 1.54) is 23.8 Å². The molecule has 0 saturated heterocycles. The normalized spacial score (nSPS) is 16.5. The molecule has 0 unspecified atom stereocenters. The number of hydrogen-bond donors (Lipinski definition) is 1. The van der Waals surface area contributed by atoms with Crippen LogP contribution in [-0.4, -0.2) is 49.5 Å². The Hall–Kier alpha value is -3.40. The Morgan fingerprint density at radius 2 is 1.88 bits per heavy atom. The lowest BCUT2D eigenvalue weighted by Crippen LogP contribution is -2.47. The molecule has 2 aromatic heterocycles. The zero-order valence-electron chi connectivity index (χ0n) is 18.5. The molecule has 1 N–H and O–H groups in total. The number of nitrogens with zero attached hydrogens (tertiary/aromatic N) is 5. The van der Waals surface area contributed by atoms with E-state index >= 15 is 0 Å². The number of benzene rings is 1. The zero-order chi connectivity index (χ0) is 23.0. The fourth-order valence-corrected chi connectivity index (χ4v) is 4.47. The molecule has 166 valence electrons. The number of carbonyl (C=O) groups is 2. The Morgan fingerprint density at radius 3 is 2.56 bits per heavy atom. The van der Waals surface area contributed by atoms with Crippen molar-refractivity contribution >= 4 is 29.5 Å². The van der Waals surface area contributed by atoms with Gasteiger partial charge in [-0.2, -0.15) is 4.98 Å². The number of aryl methyl sites for hydroxylation is 2. The number of amides is 2. The van der Waals surface area contributed by atoms with Crippen LogP contribution in [-0.2, 0) is 9.53 Å². The van der Waals surface area contributed by atoms with Crippen molar-refractivity contribution in [2.75, 3.05) is 13.0 Å². The van der Waals surface area contributed by atoms with Crippen LogP contribution in [0.15, 0.2) is 46.8 Å². The Morgan fingerprint density at radius 1 is 1.16 bits per heavy atom. The van der Waals surface area contributed by atoms with Crippen LogP contribution in [0, 0.1) is 20.8 Å². The highest BCUT2D eigenvalue weighted by molar-refractivity contribution is 7.99. The minimum atomic E-state index is -0.580. The summed E-state index contributed by atoms with van der Waals surface area (Å²) >= 11 is 1.29. The van der Waals surface area contributed by atoms with Crippen molar-refractivity contribution in [2.45, 2.75) is 38.9 Å². The molecular formula is C22H24N6O3S. The third-order valence-corrected chi connectivity index (χ3v) is 6.52. The largest absolute Gasteiger partial charge is 0.466 e. The number of fused-ring (bicyclic) bond motifs is 1. The third kappa shape index (κ3) is 3.81. The summed E-state index contributed by atoms with van der Waals surface area (Å²) in [5.41, 5.74) is 4.67. The molecule has 1 atom stereocenters. The highest BCUT2D eigenvalue weighted by Gasteiger charge is 2.36. The van der Waals surface area contributed by atoms with E-state index in [1.807, 2.05) is 51.1 Å². The first-order valence-electron chi connectivity index (χ1n) is 10.1. The molecule has 9 nitrogen and oxygen atoms in total. The number of methoxy groups -OCH3 is 1. The number of carbonyl (C=O) groups excluding carboxylic acids is 2. The second-order valence-corrected chi connectivity index (χ2v) is 8.41. The molecule has 1 aromatic carbocycles. The monoisotopic (exact) mass is 452 g/mol. The highest BCUT2D eigenvalue weighted by atomic mass is 32.2. The number of rotatable bonds is 5. The topological polar surface area (TPSA) is 102 Å². The lowest BCUT2D eigenvalue weighted by Gasteiger charge is -2.34. The van der Waals surface area contributed by atoms with Gasteiger partial charge in [-0.05, 0) is 38.8 Å². The van der Waals surface area contributed by atoms with Crippen molar-refractivity contribution in [1.82, 2.24) is 29.8 Å². The molecule has 3 heterocycles. The molecule has 0 spiro atoms. The average molecular weight is 453 g/mol. The van der Waals surface area contributed by atoms with Crippen LogP contribution < -0.4 is 5.32 Å². The van der Waals surface area contributed by atoms with E-state index in [0.29, 0.717) is 22.2 Å². The van der Waals surface area contributed by atoms with Crippen LogP contribution in [0.3, 0.4) is 0 Å². The van der Waals surface area contributed by atoms with Gasteiger partial charge in [-0.3, -0.25) is 4.90 Å². The summed E-state index contributed by atoms with van der Waals surface area (Å²) in [5.74, 6) is 0.263. The van der Waals surface area contributed by atoms with Crippen molar-refractivity contribution < 1.29 is 14.3 Å². The summed E-state index contributed by atoms with van der Waals surface area (Å²) < 4.78 is 6.72. The Labute approximate surface area is 189 Å². The van der Waals surface area contributed by atoms with Crippen molar-refractivity contribution in [3.63, 3.8) is 0 Å². The number of ether oxygens (including phenoxy) is 1. The van der Waals surface area contributed by atoms with Crippen molar-refractivity contribution in [1.29, 1.82) is 0 Å². The van der Waals surface area contributed by atoms with E-state index in [0.717, 1.165) is 22.5 Å². The molecule has 4 rings (SSSR count). The zero-order valence-corrected chi connectivity index (χ0v) is 19.4. The van der Waals surface area contributed by atoms with E-state index in [2.05, 4.69) is 20.4 Å². The quantitative estimate of drug-likeness (QED) is 0.468. The second kappa shape index (κ2) is 8.62. The molecule has 0 radical (unpaired) electrons. The first-order chi connectivity index (χ1) is 15.3. The standard InChI is InChI=1S/C22H24N6O3S/c1-12-13(2)23-20-25-21(26-28(20)14(12)3)32-11-27-15(4)17(19(29)31-5)18(24-22(27)30)16-9-7-6-8-10-16/h6-10,18H,11H2,1-5H3,(H,24,30)/t18-/m1/s1. The van der Waals surface area contributed by atoms with Gasteiger partial charge in [0.2, 0.25) is 5.16 Å². The molecule has 3 aromatic rings. The summed E-state index contributed by atoms with van der Waals surface area (Å²) in [5, 5.41) is 7.94. The molecule has 2 amide bonds. The van der Waals surface area contributed by atoms with Gasteiger partial charge in [0.1, 0.15) is 0 Å². The van der Waals surface area contributed by atoms with E-state index in [4.69, 9.17) is 4.74 Å². The van der Waals surface area contributed by atoms with Gasteiger partial charge in [0, 0.05) is 17.1 Å². The fraction of sp³-hybridized carbons (Fsp3) is 0.318. The number of nitrogens with one attached hydrogen (secondary N) is 1. The number of urea groups is 1. The van der Waals surface area contributed by atoms with Crippen LogP contribution in [0.5, 0.6) is 0 Å². The third-order valence-electron chi connectivity index (χ3n) is 5.70. The van der Waals surface area contributed by atoms with E-state index in [9.17, 15) is 9.59 Å². The molecule has 32 heavy (non-hydrogen) atoms. The minimum Gasteiger partial charge on any atom is -0.466 e. The van der Waals surface area contributed by atoms with Gasteiger partial charge in [-0.25, -0.2) is 19.1 Å². The number of allylic oxidation sites excluding steroid dienone is 1. The van der Waals surface area contributed by atoms with Gasteiger partial charge in [0.15, 0.2) is 0 Å². The van der Waals surface area contributed by atoms with E-state index in [-0.39, 0.29) is 11.9 Å². The molecule has 0 saturated carbocycles. The predicted molar refractivity (Wildman–Crippen MR) is 120 cm³/mol. The second-order valence-electron chi connectivity index (χ2n) is 7.50.